The molecule has 0 saturated carbocycles. The summed E-state index contributed by atoms with van der Waals surface area (Å²) in [7, 11) is 0. The molecule has 0 spiro atoms. The Morgan fingerprint density at radius 3 is 2.51 bits per heavy atom. The molecule has 1 amide bonds. The molecule has 1 heterocycles. The number of para-hydroxylation sites is 1. The van der Waals surface area contributed by atoms with Crippen molar-refractivity contribution in [3.8, 4) is 11.4 Å². The number of fused-ring (bicyclic) bond motifs is 1. The molecule has 1 N–H and O–H groups in total. The lowest BCUT2D eigenvalue weighted by molar-refractivity contribution is -0.113. The monoisotopic (exact) mass is 495 g/mol. The van der Waals surface area contributed by atoms with Gasteiger partial charge in [0.1, 0.15) is 5.75 Å². The first-order valence-corrected chi connectivity index (χ1v) is 11.4. The van der Waals surface area contributed by atoms with Gasteiger partial charge in [-0.2, -0.15) is 8.78 Å². The van der Waals surface area contributed by atoms with Crippen molar-refractivity contribution in [1.29, 1.82) is 0 Å². The summed E-state index contributed by atoms with van der Waals surface area (Å²) >= 11 is 1.05. The molecular formula is C25H19F2N3O4S. The van der Waals surface area contributed by atoms with Crippen LogP contribution in [0.3, 0.4) is 0 Å². The lowest BCUT2D eigenvalue weighted by Crippen LogP contribution is -2.23. The molecule has 0 fully saturated rings. The fourth-order valence-corrected chi connectivity index (χ4v) is 4.17. The van der Waals surface area contributed by atoms with Gasteiger partial charge in [-0.15, -0.1) is 0 Å². The highest BCUT2D eigenvalue weighted by Crippen LogP contribution is 2.24. The van der Waals surface area contributed by atoms with Gasteiger partial charge in [-0.3, -0.25) is 19.0 Å². The Hall–Kier alpha value is -4.05. The van der Waals surface area contributed by atoms with Gasteiger partial charge in [0.05, 0.1) is 22.3 Å². The van der Waals surface area contributed by atoms with Crippen molar-refractivity contribution < 1.29 is 23.1 Å². The van der Waals surface area contributed by atoms with Gasteiger partial charge in [0.15, 0.2) is 10.9 Å². The number of hydrogen-bond donors (Lipinski definition) is 1. The van der Waals surface area contributed by atoms with Gasteiger partial charge < -0.3 is 10.1 Å². The molecule has 0 radical (unpaired) electrons. The topological polar surface area (TPSA) is 90.3 Å². The zero-order valence-corrected chi connectivity index (χ0v) is 19.2. The maximum absolute atomic E-state index is 13.3. The second kappa shape index (κ2) is 10.5. The lowest BCUT2D eigenvalue weighted by atomic mass is 10.1. The Labute approximate surface area is 202 Å². The molecule has 0 aliphatic rings. The van der Waals surface area contributed by atoms with E-state index in [1.54, 1.807) is 48.5 Å². The fraction of sp³-hybridized carbons (Fsp3) is 0.120. The Balaban J connectivity index is 1.62. The van der Waals surface area contributed by atoms with Crippen LogP contribution in [-0.2, 0) is 4.79 Å². The highest BCUT2D eigenvalue weighted by Gasteiger charge is 2.16. The number of thioether (sulfide) groups is 1. The summed E-state index contributed by atoms with van der Waals surface area (Å²) in [5, 5.41) is 3.35. The number of rotatable bonds is 8. The normalized spacial score (nSPS) is 11.0. The summed E-state index contributed by atoms with van der Waals surface area (Å²) in [5.41, 5.74) is 1.42. The number of Topliss-reactive ketones (excluding diaryl/α,β-unsaturated/α-hetero) is 1. The van der Waals surface area contributed by atoms with Gasteiger partial charge in [-0.1, -0.05) is 36.0 Å². The fourth-order valence-electron chi connectivity index (χ4n) is 3.36. The number of hydrogen-bond acceptors (Lipinski definition) is 6. The van der Waals surface area contributed by atoms with E-state index in [1.165, 1.54) is 35.8 Å². The zero-order chi connectivity index (χ0) is 24.9. The van der Waals surface area contributed by atoms with Crippen LogP contribution in [0, 0.1) is 0 Å². The van der Waals surface area contributed by atoms with Crippen LogP contribution in [-0.4, -0.2) is 33.6 Å². The van der Waals surface area contributed by atoms with E-state index < -0.39 is 6.61 Å². The van der Waals surface area contributed by atoms with Crippen LogP contribution in [0.15, 0.2) is 82.7 Å². The van der Waals surface area contributed by atoms with Gasteiger partial charge >= 0.3 is 6.61 Å². The van der Waals surface area contributed by atoms with Gasteiger partial charge in [-0.05, 0) is 55.5 Å². The van der Waals surface area contributed by atoms with Crippen LogP contribution < -0.4 is 15.6 Å². The molecule has 178 valence electrons. The number of alkyl halides is 2. The van der Waals surface area contributed by atoms with Crippen molar-refractivity contribution in [1.82, 2.24) is 9.55 Å². The molecule has 0 unspecified atom stereocenters. The molecule has 0 aliphatic carbocycles. The summed E-state index contributed by atoms with van der Waals surface area (Å²) in [6.07, 6.45) is 0. The summed E-state index contributed by atoms with van der Waals surface area (Å²) in [5.74, 6) is -0.594. The Bertz CT molecular complexity index is 1460. The van der Waals surface area contributed by atoms with Crippen molar-refractivity contribution in [3.63, 3.8) is 0 Å². The molecule has 1 aromatic heterocycles. The number of benzene rings is 3. The molecular weight excluding hydrogens is 476 g/mol. The van der Waals surface area contributed by atoms with E-state index in [9.17, 15) is 23.2 Å². The minimum absolute atomic E-state index is 0.0491. The average Bonchev–Trinajstić information content (AvgIpc) is 2.83. The second-order valence-corrected chi connectivity index (χ2v) is 8.34. The van der Waals surface area contributed by atoms with E-state index in [0.717, 1.165) is 11.8 Å². The Morgan fingerprint density at radius 2 is 1.80 bits per heavy atom. The molecule has 3 aromatic carbocycles. The van der Waals surface area contributed by atoms with Crippen LogP contribution in [0.1, 0.15) is 17.3 Å². The summed E-state index contributed by atoms with van der Waals surface area (Å²) in [6.45, 7) is -1.53. The first kappa shape index (κ1) is 24.1. The van der Waals surface area contributed by atoms with E-state index in [1.807, 2.05) is 0 Å². The molecule has 0 atom stereocenters. The number of halogens is 2. The van der Waals surface area contributed by atoms with Gasteiger partial charge in [0.2, 0.25) is 5.91 Å². The summed E-state index contributed by atoms with van der Waals surface area (Å²) in [6, 6.07) is 18.9. The molecule has 0 bridgehead atoms. The van der Waals surface area contributed by atoms with Crippen molar-refractivity contribution in [2.75, 3.05) is 11.1 Å². The number of carbonyl (C=O) groups excluding carboxylic acids is 2. The van der Waals surface area contributed by atoms with Crippen LogP contribution in [0.4, 0.5) is 14.5 Å². The summed E-state index contributed by atoms with van der Waals surface area (Å²) in [4.78, 5) is 42.0. The smallest absolute Gasteiger partial charge is 0.387 e. The van der Waals surface area contributed by atoms with E-state index in [2.05, 4.69) is 15.0 Å². The average molecular weight is 496 g/mol. The van der Waals surface area contributed by atoms with Crippen molar-refractivity contribution in [3.05, 3.63) is 88.7 Å². The highest BCUT2D eigenvalue weighted by atomic mass is 32.2. The molecule has 4 aromatic rings. The number of ether oxygens (including phenoxy) is 1. The van der Waals surface area contributed by atoms with Crippen molar-refractivity contribution in [2.45, 2.75) is 18.7 Å². The third kappa shape index (κ3) is 5.72. The van der Waals surface area contributed by atoms with Crippen LogP contribution >= 0.6 is 11.8 Å². The molecule has 35 heavy (non-hydrogen) atoms. The number of aromatic nitrogens is 2. The minimum Gasteiger partial charge on any atom is -0.435 e. The molecule has 4 rings (SSSR count). The molecule has 0 aliphatic heterocycles. The third-order valence-corrected chi connectivity index (χ3v) is 5.89. The predicted molar refractivity (Wildman–Crippen MR) is 130 cm³/mol. The van der Waals surface area contributed by atoms with E-state index in [-0.39, 0.29) is 33.9 Å². The van der Waals surface area contributed by atoms with Crippen LogP contribution in [0.25, 0.3) is 16.6 Å². The zero-order valence-electron chi connectivity index (χ0n) is 18.4. The number of amides is 1. The number of ketones is 1. The van der Waals surface area contributed by atoms with Gasteiger partial charge in [0.25, 0.3) is 5.56 Å². The number of carbonyl (C=O) groups is 2. The lowest BCUT2D eigenvalue weighted by Gasteiger charge is -2.14. The van der Waals surface area contributed by atoms with E-state index in [0.29, 0.717) is 27.8 Å². The molecule has 10 heteroatoms. The van der Waals surface area contributed by atoms with E-state index in [4.69, 9.17) is 0 Å². The Kier molecular flexibility index (Phi) is 7.21. The molecule has 0 saturated heterocycles. The first-order valence-electron chi connectivity index (χ1n) is 10.4. The summed E-state index contributed by atoms with van der Waals surface area (Å²) < 4.78 is 30.7. The maximum Gasteiger partial charge on any atom is 0.387 e. The van der Waals surface area contributed by atoms with Crippen molar-refractivity contribution >= 4 is 40.0 Å². The number of anilines is 1. The van der Waals surface area contributed by atoms with Gasteiger partial charge in [0, 0.05) is 11.3 Å². The predicted octanol–water partition coefficient (Wildman–Crippen LogP) is 4.92. The highest BCUT2D eigenvalue weighted by molar-refractivity contribution is 7.99. The Morgan fingerprint density at radius 1 is 1.06 bits per heavy atom. The maximum atomic E-state index is 13.3. The minimum atomic E-state index is -2.97. The SMILES string of the molecule is CC(=O)c1cccc(NC(=O)CSc2nc3ccccc3c(=O)n2-c2ccc(OC(F)F)cc2)c1. The first-order chi connectivity index (χ1) is 16.8. The largest absolute Gasteiger partial charge is 0.435 e. The van der Waals surface area contributed by atoms with Crippen molar-refractivity contribution in [2.24, 2.45) is 0 Å². The van der Waals surface area contributed by atoms with Crippen LogP contribution in [0.2, 0.25) is 0 Å². The molecule has 7 nitrogen and oxygen atoms in total. The third-order valence-electron chi connectivity index (χ3n) is 4.95. The van der Waals surface area contributed by atoms with E-state index >= 15 is 0 Å². The second-order valence-electron chi connectivity index (χ2n) is 7.40. The number of nitrogens with one attached hydrogen (secondary N) is 1. The van der Waals surface area contributed by atoms with Crippen LogP contribution in [0.5, 0.6) is 5.75 Å². The number of nitrogens with zero attached hydrogens (tertiary/aromatic N) is 2. The van der Waals surface area contributed by atoms with Gasteiger partial charge in [-0.25, -0.2) is 4.98 Å². The standard InChI is InChI=1S/C25H19F2N3O4S/c1-15(31)16-5-4-6-17(13-16)28-22(32)14-35-25-29-21-8-3-2-7-20(21)23(33)30(25)18-9-11-19(12-10-18)34-24(26)27/h2-13,24H,14H2,1H3,(H,28,32). The quantitative estimate of drug-likeness (QED) is 0.212.